The third kappa shape index (κ3) is 4.43. The second-order valence-corrected chi connectivity index (χ2v) is 6.91. The lowest BCUT2D eigenvalue weighted by Gasteiger charge is -2.08. The van der Waals surface area contributed by atoms with Crippen molar-refractivity contribution in [2.24, 2.45) is 0 Å². The van der Waals surface area contributed by atoms with Gasteiger partial charge in [-0.2, -0.15) is 10.2 Å². The van der Waals surface area contributed by atoms with Crippen molar-refractivity contribution >= 4 is 22.6 Å². The van der Waals surface area contributed by atoms with Crippen LogP contribution in [0.2, 0.25) is 0 Å². The topological polar surface area (TPSA) is 94.1 Å². The number of benzene rings is 2. The lowest BCUT2D eigenvalue weighted by Crippen LogP contribution is -2.19. The molecule has 0 spiro atoms. The van der Waals surface area contributed by atoms with Gasteiger partial charge in [0, 0.05) is 23.2 Å². The number of hydrogen-bond acceptors (Lipinski definition) is 5. The van der Waals surface area contributed by atoms with Crippen LogP contribution in [0.4, 0.5) is 5.82 Å². The fourth-order valence-electron chi connectivity index (χ4n) is 3.31. The molecule has 4 aromatic rings. The summed E-state index contributed by atoms with van der Waals surface area (Å²) in [4.78, 5) is 12.4. The maximum Gasteiger partial charge on any atom is 0.247 e. The quantitative estimate of drug-likeness (QED) is 0.469. The van der Waals surface area contributed by atoms with Gasteiger partial charge >= 0.3 is 0 Å². The second-order valence-electron chi connectivity index (χ2n) is 6.91. The van der Waals surface area contributed by atoms with Crippen LogP contribution in [0.3, 0.4) is 0 Å². The van der Waals surface area contributed by atoms with Crippen molar-refractivity contribution in [3.05, 3.63) is 66.0 Å². The number of para-hydroxylation sites is 1. The van der Waals surface area contributed by atoms with Crippen LogP contribution in [-0.4, -0.2) is 40.1 Å². The van der Waals surface area contributed by atoms with Crippen LogP contribution in [0.1, 0.15) is 11.3 Å². The Labute approximate surface area is 173 Å². The van der Waals surface area contributed by atoms with Crippen molar-refractivity contribution in [2.75, 3.05) is 19.5 Å². The van der Waals surface area contributed by atoms with E-state index in [-0.39, 0.29) is 12.5 Å². The third-order valence-corrected chi connectivity index (χ3v) is 4.84. The highest BCUT2D eigenvalue weighted by atomic mass is 16.5. The van der Waals surface area contributed by atoms with Gasteiger partial charge in [-0.1, -0.05) is 18.2 Å². The predicted molar refractivity (Wildman–Crippen MR) is 114 cm³/mol. The van der Waals surface area contributed by atoms with Crippen molar-refractivity contribution in [2.45, 2.75) is 19.4 Å². The number of nitrogens with zero attached hydrogens (tertiary/aromatic N) is 3. The zero-order valence-electron chi connectivity index (χ0n) is 16.9. The van der Waals surface area contributed by atoms with E-state index in [0.717, 1.165) is 46.5 Å². The van der Waals surface area contributed by atoms with E-state index in [0.29, 0.717) is 5.82 Å². The molecule has 0 fully saturated rings. The molecule has 0 aliphatic carbocycles. The monoisotopic (exact) mass is 405 g/mol. The van der Waals surface area contributed by atoms with Gasteiger partial charge < -0.3 is 14.8 Å². The SMILES string of the molecule is COc1cc(CCc2cc(NC(=O)Cn3ncc4ccccc43)n[nH]2)cc(OC)c1. The Morgan fingerprint density at radius 2 is 1.83 bits per heavy atom. The average molecular weight is 405 g/mol. The van der Waals surface area contributed by atoms with Crippen molar-refractivity contribution < 1.29 is 14.3 Å². The molecule has 8 heteroatoms. The molecule has 2 aromatic carbocycles. The molecule has 2 N–H and O–H groups in total. The Bertz CT molecular complexity index is 1140. The molecular formula is C22H23N5O3. The minimum Gasteiger partial charge on any atom is -0.497 e. The highest BCUT2D eigenvalue weighted by molar-refractivity contribution is 5.90. The normalized spacial score (nSPS) is 10.9. The molecule has 2 aromatic heterocycles. The summed E-state index contributed by atoms with van der Waals surface area (Å²) in [5, 5.41) is 15.3. The maximum absolute atomic E-state index is 12.4. The fraction of sp³-hybridized carbons (Fsp3) is 0.227. The number of anilines is 1. The van der Waals surface area contributed by atoms with Gasteiger partial charge in [0.1, 0.15) is 18.0 Å². The van der Waals surface area contributed by atoms with E-state index in [1.54, 1.807) is 25.1 Å². The molecule has 0 unspecified atom stereocenters. The van der Waals surface area contributed by atoms with Crippen LogP contribution in [0.25, 0.3) is 10.9 Å². The Balaban J connectivity index is 1.35. The van der Waals surface area contributed by atoms with Crippen molar-refractivity contribution in [1.29, 1.82) is 0 Å². The summed E-state index contributed by atoms with van der Waals surface area (Å²) in [6, 6.07) is 15.4. The molecule has 0 bridgehead atoms. The first-order valence-corrected chi connectivity index (χ1v) is 9.61. The summed E-state index contributed by atoms with van der Waals surface area (Å²) in [6.45, 7) is 0.124. The summed E-state index contributed by atoms with van der Waals surface area (Å²) in [7, 11) is 3.27. The number of hydrogen-bond donors (Lipinski definition) is 2. The number of rotatable bonds is 8. The van der Waals surface area contributed by atoms with E-state index in [2.05, 4.69) is 20.6 Å². The summed E-state index contributed by atoms with van der Waals surface area (Å²) in [5.41, 5.74) is 2.94. The first-order valence-electron chi connectivity index (χ1n) is 9.61. The minimum atomic E-state index is -0.181. The third-order valence-electron chi connectivity index (χ3n) is 4.84. The molecule has 0 radical (unpaired) electrons. The predicted octanol–water partition coefficient (Wildman–Crippen LogP) is 3.20. The van der Waals surface area contributed by atoms with E-state index < -0.39 is 0 Å². The van der Waals surface area contributed by atoms with Gasteiger partial charge in [0.05, 0.1) is 25.9 Å². The highest BCUT2D eigenvalue weighted by Crippen LogP contribution is 2.23. The standard InChI is InChI=1S/C22H23N5O3/c1-29-18-9-15(10-19(12-18)30-2)7-8-17-11-21(26-25-17)24-22(28)14-27-20-6-4-3-5-16(20)13-23-27/h3-6,9-13H,7-8,14H2,1-2H3,(H2,24,25,26,28). The van der Waals surface area contributed by atoms with Gasteiger partial charge in [-0.3, -0.25) is 14.6 Å². The van der Waals surface area contributed by atoms with E-state index >= 15 is 0 Å². The van der Waals surface area contributed by atoms with Crippen molar-refractivity contribution in [3.63, 3.8) is 0 Å². The molecule has 154 valence electrons. The molecule has 0 atom stereocenters. The summed E-state index contributed by atoms with van der Waals surface area (Å²) < 4.78 is 12.3. The van der Waals surface area contributed by atoms with Crippen LogP contribution in [-0.2, 0) is 24.2 Å². The van der Waals surface area contributed by atoms with Crippen LogP contribution in [0, 0.1) is 0 Å². The van der Waals surface area contributed by atoms with Crippen LogP contribution >= 0.6 is 0 Å². The van der Waals surface area contributed by atoms with E-state index in [9.17, 15) is 4.79 Å². The lowest BCUT2D eigenvalue weighted by atomic mass is 10.1. The Hall–Kier alpha value is -3.81. The van der Waals surface area contributed by atoms with E-state index in [1.165, 1.54) is 0 Å². The van der Waals surface area contributed by atoms with E-state index in [1.807, 2.05) is 48.5 Å². The molecule has 0 saturated heterocycles. The average Bonchev–Trinajstić information content (AvgIpc) is 3.39. The molecule has 30 heavy (non-hydrogen) atoms. The number of H-pyrrole nitrogens is 1. The smallest absolute Gasteiger partial charge is 0.247 e. The second kappa shape index (κ2) is 8.69. The van der Waals surface area contributed by atoms with Gasteiger partial charge in [0.25, 0.3) is 0 Å². The van der Waals surface area contributed by atoms with Gasteiger partial charge in [-0.15, -0.1) is 0 Å². The number of carbonyl (C=O) groups excluding carboxylic acids is 1. The van der Waals surface area contributed by atoms with Crippen LogP contribution in [0.5, 0.6) is 11.5 Å². The number of carbonyl (C=O) groups is 1. The Morgan fingerprint density at radius 1 is 1.07 bits per heavy atom. The number of amides is 1. The summed E-state index contributed by atoms with van der Waals surface area (Å²) in [6.07, 6.45) is 3.27. The number of aromatic amines is 1. The molecule has 2 heterocycles. The summed E-state index contributed by atoms with van der Waals surface area (Å²) >= 11 is 0. The zero-order chi connectivity index (χ0) is 20.9. The highest BCUT2D eigenvalue weighted by Gasteiger charge is 2.10. The number of fused-ring (bicyclic) bond motifs is 1. The molecule has 0 aliphatic rings. The summed E-state index contributed by atoms with van der Waals surface area (Å²) in [5.74, 6) is 1.83. The van der Waals surface area contributed by atoms with Gasteiger partial charge in [0.15, 0.2) is 5.82 Å². The molecular weight excluding hydrogens is 382 g/mol. The number of aromatic nitrogens is 4. The number of ether oxygens (including phenoxy) is 2. The zero-order valence-corrected chi connectivity index (χ0v) is 16.9. The maximum atomic E-state index is 12.4. The lowest BCUT2D eigenvalue weighted by molar-refractivity contribution is -0.116. The van der Waals surface area contributed by atoms with Crippen LogP contribution < -0.4 is 14.8 Å². The van der Waals surface area contributed by atoms with Gasteiger partial charge in [-0.25, -0.2) is 0 Å². The molecule has 1 amide bonds. The Morgan fingerprint density at radius 3 is 2.60 bits per heavy atom. The first-order chi connectivity index (χ1) is 14.6. The minimum absolute atomic E-state index is 0.124. The van der Waals surface area contributed by atoms with Gasteiger partial charge in [0.2, 0.25) is 5.91 Å². The molecule has 8 nitrogen and oxygen atoms in total. The van der Waals surface area contributed by atoms with Crippen LogP contribution in [0.15, 0.2) is 54.7 Å². The van der Waals surface area contributed by atoms with Crippen molar-refractivity contribution in [1.82, 2.24) is 20.0 Å². The molecule has 0 saturated carbocycles. The van der Waals surface area contributed by atoms with Crippen molar-refractivity contribution in [3.8, 4) is 11.5 Å². The largest absolute Gasteiger partial charge is 0.497 e. The molecule has 0 aliphatic heterocycles. The fourth-order valence-corrected chi connectivity index (χ4v) is 3.31. The first kappa shape index (κ1) is 19.5. The van der Waals surface area contributed by atoms with E-state index in [4.69, 9.17) is 9.47 Å². The number of aryl methyl sites for hydroxylation is 2. The number of nitrogens with one attached hydrogen (secondary N) is 2. The Kier molecular flexibility index (Phi) is 5.65. The number of methoxy groups -OCH3 is 2. The van der Waals surface area contributed by atoms with Gasteiger partial charge in [-0.05, 0) is 36.6 Å². The molecule has 4 rings (SSSR count).